The lowest BCUT2D eigenvalue weighted by Gasteiger charge is -2.02. The lowest BCUT2D eigenvalue weighted by molar-refractivity contribution is 0.0465. The first-order chi connectivity index (χ1) is 9.19. The normalized spacial score (nSPS) is 10.4. The second-order valence-corrected chi connectivity index (χ2v) is 4.48. The first-order valence-electron chi connectivity index (χ1n) is 6.01. The third-order valence-corrected chi connectivity index (χ3v) is 2.74. The number of ether oxygens (including phenoxy) is 1. The molecule has 0 aromatic carbocycles. The third kappa shape index (κ3) is 3.79. The molecule has 2 aromatic heterocycles. The first-order valence-corrected chi connectivity index (χ1v) is 6.38. The Bertz CT molecular complexity index is 551. The molecule has 6 heteroatoms. The number of esters is 1. The summed E-state index contributed by atoms with van der Waals surface area (Å²) < 4.78 is 5.14. The maximum absolute atomic E-state index is 11.8. The number of aromatic nitrogens is 3. The summed E-state index contributed by atoms with van der Waals surface area (Å²) in [6.07, 6.45) is 3.43. The van der Waals surface area contributed by atoms with Gasteiger partial charge in [0.2, 0.25) is 0 Å². The van der Waals surface area contributed by atoms with E-state index in [-0.39, 0.29) is 6.61 Å². The molecular formula is C13H14ClN3O2. The van der Waals surface area contributed by atoms with Gasteiger partial charge < -0.3 is 4.74 Å². The van der Waals surface area contributed by atoms with Crippen LogP contribution in [0.15, 0.2) is 24.4 Å². The molecule has 100 valence electrons. The summed E-state index contributed by atoms with van der Waals surface area (Å²) >= 11 is 5.67. The summed E-state index contributed by atoms with van der Waals surface area (Å²) in [7, 11) is 0. The standard InChI is InChI=1S/C13H14ClN3O2/c1-2-3-10-6-11(17-16-10)13(18)19-8-9-4-5-12(14)15-7-9/h4-7H,2-3,8H2,1H3,(H,16,17). The van der Waals surface area contributed by atoms with Gasteiger partial charge in [0, 0.05) is 17.5 Å². The zero-order valence-electron chi connectivity index (χ0n) is 10.5. The molecule has 0 amide bonds. The maximum atomic E-state index is 11.8. The van der Waals surface area contributed by atoms with Crippen LogP contribution in [0.5, 0.6) is 0 Å². The van der Waals surface area contributed by atoms with Crippen LogP contribution >= 0.6 is 11.6 Å². The topological polar surface area (TPSA) is 67.9 Å². The number of nitrogens with one attached hydrogen (secondary N) is 1. The van der Waals surface area contributed by atoms with Crippen molar-refractivity contribution in [2.75, 3.05) is 0 Å². The van der Waals surface area contributed by atoms with Crippen LogP contribution < -0.4 is 0 Å². The molecule has 0 radical (unpaired) electrons. The molecule has 0 aliphatic rings. The Morgan fingerprint density at radius 1 is 1.47 bits per heavy atom. The van der Waals surface area contributed by atoms with Crippen LogP contribution in [0.4, 0.5) is 0 Å². The Labute approximate surface area is 116 Å². The average Bonchev–Trinajstić information content (AvgIpc) is 2.87. The second kappa shape index (κ2) is 6.33. The Kier molecular flexibility index (Phi) is 4.52. The largest absolute Gasteiger partial charge is 0.456 e. The van der Waals surface area contributed by atoms with Crippen LogP contribution in [-0.2, 0) is 17.8 Å². The Balaban J connectivity index is 1.91. The number of aryl methyl sites for hydroxylation is 1. The maximum Gasteiger partial charge on any atom is 0.359 e. The molecule has 0 saturated carbocycles. The van der Waals surface area contributed by atoms with E-state index in [9.17, 15) is 4.79 Å². The number of hydrogen-bond acceptors (Lipinski definition) is 4. The molecule has 0 fully saturated rings. The zero-order chi connectivity index (χ0) is 13.7. The van der Waals surface area contributed by atoms with Crippen molar-refractivity contribution in [2.45, 2.75) is 26.4 Å². The highest BCUT2D eigenvalue weighted by molar-refractivity contribution is 6.29. The Hall–Kier alpha value is -1.88. The lowest BCUT2D eigenvalue weighted by atomic mass is 10.2. The average molecular weight is 280 g/mol. The quantitative estimate of drug-likeness (QED) is 0.675. The van der Waals surface area contributed by atoms with Crippen molar-refractivity contribution in [1.82, 2.24) is 15.2 Å². The van der Waals surface area contributed by atoms with Crippen molar-refractivity contribution in [3.63, 3.8) is 0 Å². The van der Waals surface area contributed by atoms with Crippen LogP contribution in [-0.4, -0.2) is 21.2 Å². The van der Waals surface area contributed by atoms with E-state index in [2.05, 4.69) is 22.1 Å². The molecule has 2 rings (SSSR count). The van der Waals surface area contributed by atoms with Crippen LogP contribution in [0.25, 0.3) is 0 Å². The predicted octanol–water partition coefficient (Wildman–Crippen LogP) is 2.77. The van der Waals surface area contributed by atoms with E-state index < -0.39 is 5.97 Å². The smallest absolute Gasteiger partial charge is 0.359 e. The van der Waals surface area contributed by atoms with Crippen molar-refractivity contribution >= 4 is 17.6 Å². The number of pyridine rings is 1. The van der Waals surface area contributed by atoms with Crippen LogP contribution in [0.1, 0.15) is 35.1 Å². The van der Waals surface area contributed by atoms with Crippen molar-refractivity contribution in [1.29, 1.82) is 0 Å². The van der Waals surface area contributed by atoms with Gasteiger partial charge in [-0.05, 0) is 18.6 Å². The van der Waals surface area contributed by atoms with Gasteiger partial charge in [0.1, 0.15) is 11.8 Å². The lowest BCUT2D eigenvalue weighted by Crippen LogP contribution is -2.05. The molecule has 1 N–H and O–H groups in total. The van der Waals surface area contributed by atoms with Crippen molar-refractivity contribution < 1.29 is 9.53 Å². The van der Waals surface area contributed by atoms with Gasteiger partial charge >= 0.3 is 5.97 Å². The number of carbonyl (C=O) groups excluding carboxylic acids is 1. The number of halogens is 1. The van der Waals surface area contributed by atoms with Crippen molar-refractivity contribution in [2.24, 2.45) is 0 Å². The summed E-state index contributed by atoms with van der Waals surface area (Å²) in [4.78, 5) is 15.7. The van der Waals surface area contributed by atoms with Crippen molar-refractivity contribution in [3.8, 4) is 0 Å². The van der Waals surface area contributed by atoms with Gasteiger partial charge in [-0.3, -0.25) is 5.10 Å². The molecule has 2 heterocycles. The second-order valence-electron chi connectivity index (χ2n) is 4.09. The molecule has 0 atom stereocenters. The number of carbonyl (C=O) groups is 1. The molecule has 0 unspecified atom stereocenters. The highest BCUT2D eigenvalue weighted by atomic mass is 35.5. The highest BCUT2D eigenvalue weighted by Gasteiger charge is 2.11. The molecular weight excluding hydrogens is 266 g/mol. The minimum Gasteiger partial charge on any atom is -0.456 e. The fraction of sp³-hybridized carbons (Fsp3) is 0.308. The summed E-state index contributed by atoms with van der Waals surface area (Å²) in [5.74, 6) is -0.450. The minimum absolute atomic E-state index is 0.152. The minimum atomic E-state index is -0.450. The predicted molar refractivity (Wildman–Crippen MR) is 70.9 cm³/mol. The number of hydrogen-bond donors (Lipinski definition) is 1. The molecule has 19 heavy (non-hydrogen) atoms. The van der Waals surface area contributed by atoms with Crippen LogP contribution in [0.3, 0.4) is 0 Å². The molecule has 5 nitrogen and oxygen atoms in total. The Morgan fingerprint density at radius 3 is 3.00 bits per heavy atom. The van der Waals surface area contributed by atoms with E-state index in [0.717, 1.165) is 24.1 Å². The van der Waals surface area contributed by atoms with E-state index >= 15 is 0 Å². The number of rotatable bonds is 5. The van der Waals surface area contributed by atoms with Gasteiger partial charge in [-0.15, -0.1) is 0 Å². The van der Waals surface area contributed by atoms with Gasteiger partial charge in [0.25, 0.3) is 0 Å². The molecule has 0 bridgehead atoms. The van der Waals surface area contributed by atoms with Crippen LogP contribution in [0.2, 0.25) is 5.15 Å². The molecule has 2 aromatic rings. The van der Waals surface area contributed by atoms with E-state index in [4.69, 9.17) is 16.3 Å². The SMILES string of the molecule is CCCc1cc(C(=O)OCc2ccc(Cl)nc2)n[nH]1. The number of aromatic amines is 1. The van der Waals surface area contributed by atoms with Gasteiger partial charge in [0.15, 0.2) is 5.69 Å². The van der Waals surface area contributed by atoms with Gasteiger partial charge in [-0.2, -0.15) is 5.10 Å². The van der Waals surface area contributed by atoms with Gasteiger partial charge in [-0.1, -0.05) is 31.0 Å². The highest BCUT2D eigenvalue weighted by Crippen LogP contribution is 2.09. The van der Waals surface area contributed by atoms with E-state index in [1.807, 2.05) is 0 Å². The molecule has 0 spiro atoms. The summed E-state index contributed by atoms with van der Waals surface area (Å²) in [6, 6.07) is 5.13. The van der Waals surface area contributed by atoms with Crippen LogP contribution in [0, 0.1) is 0 Å². The van der Waals surface area contributed by atoms with E-state index in [1.54, 1.807) is 24.4 Å². The fourth-order valence-corrected chi connectivity index (χ4v) is 1.69. The van der Waals surface area contributed by atoms with E-state index in [0.29, 0.717) is 10.8 Å². The summed E-state index contributed by atoms with van der Waals surface area (Å²) in [5, 5.41) is 7.15. The van der Waals surface area contributed by atoms with Gasteiger partial charge in [0.05, 0.1) is 0 Å². The summed E-state index contributed by atoms with van der Waals surface area (Å²) in [6.45, 7) is 2.21. The molecule has 0 saturated heterocycles. The van der Waals surface area contributed by atoms with E-state index in [1.165, 1.54) is 0 Å². The number of H-pyrrole nitrogens is 1. The third-order valence-electron chi connectivity index (χ3n) is 2.52. The first kappa shape index (κ1) is 13.5. The zero-order valence-corrected chi connectivity index (χ0v) is 11.3. The fourth-order valence-electron chi connectivity index (χ4n) is 1.58. The molecule has 0 aliphatic heterocycles. The Morgan fingerprint density at radius 2 is 2.32 bits per heavy atom. The number of nitrogens with zero attached hydrogens (tertiary/aromatic N) is 2. The molecule has 0 aliphatic carbocycles. The monoisotopic (exact) mass is 279 g/mol. The van der Waals surface area contributed by atoms with Gasteiger partial charge in [-0.25, -0.2) is 9.78 Å². The summed E-state index contributed by atoms with van der Waals surface area (Å²) in [5.41, 5.74) is 2.01. The van der Waals surface area contributed by atoms with Crippen molar-refractivity contribution in [3.05, 3.63) is 46.5 Å².